The normalized spacial score (nSPS) is 22.0. The number of piperidine rings is 2. The molecule has 4 N–H and O–H groups in total. The lowest BCUT2D eigenvalue weighted by molar-refractivity contribution is -0.134. The number of hydrogen-bond donors (Lipinski definition) is 4. The second-order valence-corrected chi connectivity index (χ2v) is 13.5. The number of imide groups is 1. The van der Waals surface area contributed by atoms with E-state index in [-0.39, 0.29) is 48.0 Å². The van der Waals surface area contributed by atoms with Gasteiger partial charge in [0.25, 0.3) is 5.91 Å². The Hall–Kier alpha value is -4.58. The van der Waals surface area contributed by atoms with E-state index in [1.807, 2.05) is 50.2 Å². The van der Waals surface area contributed by atoms with Crippen LogP contribution >= 0.6 is 0 Å². The number of ether oxygens (including phenoxy) is 1. The van der Waals surface area contributed by atoms with E-state index in [1.54, 1.807) is 12.1 Å². The van der Waals surface area contributed by atoms with Crippen LogP contribution in [0.25, 0.3) is 0 Å². The number of nitrogens with zero attached hydrogens (tertiary/aromatic N) is 2. The number of likely N-dealkylation sites (tertiary alicyclic amines) is 1. The number of aromatic amines is 1. The van der Waals surface area contributed by atoms with Crippen molar-refractivity contribution in [1.29, 1.82) is 0 Å². The van der Waals surface area contributed by atoms with Crippen LogP contribution in [-0.2, 0) is 20.9 Å². The van der Waals surface area contributed by atoms with Crippen LogP contribution in [0.15, 0.2) is 48.5 Å². The molecule has 3 aromatic rings. The zero-order valence-electron chi connectivity index (χ0n) is 27.4. The predicted octanol–water partition coefficient (Wildman–Crippen LogP) is 5.47. The maximum atomic E-state index is 15.1. The highest BCUT2D eigenvalue weighted by Gasteiger charge is 2.32. The van der Waals surface area contributed by atoms with E-state index in [4.69, 9.17) is 4.74 Å². The van der Waals surface area contributed by atoms with Gasteiger partial charge in [-0.25, -0.2) is 9.18 Å². The maximum absolute atomic E-state index is 15.1. The Morgan fingerprint density at radius 1 is 1.00 bits per heavy atom. The summed E-state index contributed by atoms with van der Waals surface area (Å²) in [6.07, 6.45) is 4.16. The van der Waals surface area contributed by atoms with Crippen LogP contribution in [0.4, 0.5) is 15.0 Å². The average molecular weight is 659 g/mol. The summed E-state index contributed by atoms with van der Waals surface area (Å²) in [5.74, 6) is -1.13. The smallest absolute Gasteiger partial charge is 0.407 e. The van der Waals surface area contributed by atoms with Crippen molar-refractivity contribution in [2.75, 3.05) is 18.4 Å². The van der Waals surface area contributed by atoms with Gasteiger partial charge in [0.2, 0.25) is 11.8 Å². The lowest BCUT2D eigenvalue weighted by atomic mass is 9.85. The molecule has 1 aromatic heterocycles. The zero-order valence-corrected chi connectivity index (χ0v) is 27.4. The van der Waals surface area contributed by atoms with E-state index in [2.05, 4.69) is 31.0 Å². The number of benzene rings is 2. The lowest BCUT2D eigenvalue weighted by Gasteiger charge is -2.32. The monoisotopic (exact) mass is 658 g/mol. The van der Waals surface area contributed by atoms with Crippen molar-refractivity contribution in [1.82, 2.24) is 25.7 Å². The number of carbonyl (C=O) groups is 4. The molecule has 3 heterocycles. The van der Waals surface area contributed by atoms with Gasteiger partial charge in [-0.15, -0.1) is 0 Å². The van der Waals surface area contributed by atoms with Crippen molar-refractivity contribution in [3.8, 4) is 0 Å². The third-order valence-corrected chi connectivity index (χ3v) is 9.66. The van der Waals surface area contributed by atoms with Gasteiger partial charge in [0.1, 0.15) is 11.9 Å². The van der Waals surface area contributed by atoms with Gasteiger partial charge in [-0.3, -0.25) is 29.7 Å². The molecule has 1 unspecified atom stereocenters. The summed E-state index contributed by atoms with van der Waals surface area (Å²) in [5.41, 5.74) is 3.84. The number of rotatable bonds is 9. The summed E-state index contributed by atoms with van der Waals surface area (Å²) < 4.78 is 20.6. The fourth-order valence-electron chi connectivity index (χ4n) is 7.06. The Balaban J connectivity index is 0.952. The third kappa shape index (κ3) is 8.10. The number of aromatic nitrogens is 2. The van der Waals surface area contributed by atoms with Gasteiger partial charge in [-0.2, -0.15) is 5.10 Å². The summed E-state index contributed by atoms with van der Waals surface area (Å²) in [5, 5.41) is 15.2. The molecule has 2 aromatic carbocycles. The number of halogens is 1. The summed E-state index contributed by atoms with van der Waals surface area (Å²) in [6.45, 7) is 6.27. The summed E-state index contributed by atoms with van der Waals surface area (Å²) >= 11 is 0. The fourth-order valence-corrected chi connectivity index (χ4v) is 7.06. The highest BCUT2D eigenvalue weighted by Crippen LogP contribution is 2.36. The first kappa shape index (κ1) is 33.3. The van der Waals surface area contributed by atoms with Gasteiger partial charge < -0.3 is 15.4 Å². The van der Waals surface area contributed by atoms with Crippen LogP contribution in [0.3, 0.4) is 0 Å². The Morgan fingerprint density at radius 2 is 1.77 bits per heavy atom. The van der Waals surface area contributed by atoms with Crippen LogP contribution in [0.5, 0.6) is 0 Å². The molecule has 254 valence electrons. The Morgan fingerprint density at radius 3 is 2.48 bits per heavy atom. The molecule has 12 heteroatoms. The lowest BCUT2D eigenvalue weighted by Crippen LogP contribution is -2.39. The van der Waals surface area contributed by atoms with E-state index in [0.29, 0.717) is 29.8 Å². The first-order valence-corrected chi connectivity index (χ1v) is 16.9. The topological polar surface area (TPSA) is 146 Å². The van der Waals surface area contributed by atoms with Gasteiger partial charge >= 0.3 is 6.09 Å². The van der Waals surface area contributed by atoms with E-state index in [9.17, 15) is 19.2 Å². The summed E-state index contributed by atoms with van der Waals surface area (Å²) in [4.78, 5) is 50.9. The molecular formula is C36H43FN6O5. The number of anilines is 1. The molecule has 0 radical (unpaired) electrons. The largest absolute Gasteiger partial charge is 0.446 e. The third-order valence-electron chi connectivity index (χ3n) is 9.66. The highest BCUT2D eigenvalue weighted by molar-refractivity contribution is 6.03. The highest BCUT2D eigenvalue weighted by atomic mass is 19.1. The minimum atomic E-state index is -0.627. The Kier molecular flexibility index (Phi) is 10.2. The number of amides is 4. The molecule has 0 bridgehead atoms. The molecular weight excluding hydrogens is 615 g/mol. The standard InChI is InChI=1S/C36H43FN6O5/c1-21(2)38-36(47)48-27-9-7-26(17-27)31-19-32(42-41-31)39-34(45)24-5-3-22(4-6-24)20-43-15-13-23(14-16-43)25-8-10-28(30(37)18-25)29-11-12-33(44)40-35(29)46/h3-6,8,10,18-19,21,23,26-27,29H,7,9,11-17,20H2,1-2H3,(H,38,47)(H,40,44,46)(H2,39,41,42,45)/t26-,27+,29?/m0/s1. The number of H-pyrrole nitrogens is 1. The molecule has 48 heavy (non-hydrogen) atoms. The molecule has 6 rings (SSSR count). The quantitative estimate of drug-likeness (QED) is 0.223. The maximum Gasteiger partial charge on any atom is 0.407 e. The molecule has 0 spiro atoms. The Labute approximate surface area is 279 Å². The first-order chi connectivity index (χ1) is 23.1. The fraction of sp³-hybridized carbons (Fsp3) is 0.472. The van der Waals surface area contributed by atoms with Gasteiger partial charge in [0, 0.05) is 47.8 Å². The molecule has 3 atom stereocenters. The summed E-state index contributed by atoms with van der Waals surface area (Å²) in [7, 11) is 0. The Bertz CT molecular complexity index is 1650. The van der Waals surface area contributed by atoms with Crippen molar-refractivity contribution in [3.05, 3.63) is 82.3 Å². The van der Waals surface area contributed by atoms with Gasteiger partial charge in [-0.1, -0.05) is 24.3 Å². The van der Waals surface area contributed by atoms with Crippen molar-refractivity contribution < 1.29 is 28.3 Å². The van der Waals surface area contributed by atoms with Crippen LogP contribution < -0.4 is 16.0 Å². The van der Waals surface area contributed by atoms with Gasteiger partial charge in [0.05, 0.1) is 5.92 Å². The van der Waals surface area contributed by atoms with Crippen molar-refractivity contribution in [2.24, 2.45) is 0 Å². The number of hydrogen-bond acceptors (Lipinski definition) is 7. The van der Waals surface area contributed by atoms with Crippen LogP contribution in [0.1, 0.15) is 109 Å². The molecule has 2 aliphatic heterocycles. The molecule has 1 saturated carbocycles. The molecule has 3 fully saturated rings. The van der Waals surface area contributed by atoms with Crippen LogP contribution in [0, 0.1) is 5.82 Å². The van der Waals surface area contributed by atoms with E-state index in [1.165, 1.54) is 0 Å². The first-order valence-electron chi connectivity index (χ1n) is 16.9. The summed E-state index contributed by atoms with van der Waals surface area (Å²) in [6, 6.07) is 14.6. The second-order valence-electron chi connectivity index (χ2n) is 13.5. The van der Waals surface area contributed by atoms with Crippen molar-refractivity contribution in [3.63, 3.8) is 0 Å². The van der Waals surface area contributed by atoms with Crippen LogP contribution in [-0.4, -0.2) is 64.1 Å². The van der Waals surface area contributed by atoms with E-state index < -0.39 is 17.9 Å². The molecule has 3 aliphatic rings. The number of alkyl carbamates (subject to hydrolysis) is 1. The van der Waals surface area contributed by atoms with Gasteiger partial charge in [-0.05, 0) is 101 Å². The number of carbonyl (C=O) groups excluding carboxylic acids is 4. The van der Waals surface area contributed by atoms with Crippen LogP contribution in [0.2, 0.25) is 0 Å². The SMILES string of the molecule is CC(C)NC(=O)O[C@@H]1CC[C@H](c2cc(NC(=O)c3ccc(CN4CCC(c5ccc(C6CCC(=O)NC6=O)c(F)c5)CC4)cc3)n[nH]2)C1. The zero-order chi connectivity index (χ0) is 33.8. The minimum absolute atomic E-state index is 0.0229. The molecule has 2 saturated heterocycles. The predicted molar refractivity (Wildman–Crippen MR) is 177 cm³/mol. The van der Waals surface area contributed by atoms with E-state index >= 15 is 4.39 Å². The van der Waals surface area contributed by atoms with E-state index in [0.717, 1.165) is 62.1 Å². The van der Waals surface area contributed by atoms with Crippen molar-refractivity contribution >= 4 is 29.6 Å². The molecule has 4 amide bonds. The van der Waals surface area contributed by atoms with Crippen molar-refractivity contribution in [2.45, 2.75) is 95.2 Å². The molecule has 1 aliphatic carbocycles. The minimum Gasteiger partial charge on any atom is -0.446 e. The number of nitrogens with one attached hydrogen (secondary N) is 4. The average Bonchev–Trinajstić information content (AvgIpc) is 3.71. The van der Waals surface area contributed by atoms with Gasteiger partial charge in [0.15, 0.2) is 5.82 Å². The molecule has 11 nitrogen and oxygen atoms in total. The second kappa shape index (κ2) is 14.7.